The fourth-order valence-corrected chi connectivity index (χ4v) is 3.74. The average molecular weight is 518 g/mol. The fraction of sp³-hybridized carbons (Fsp3) is 0.688. The summed E-state index contributed by atoms with van der Waals surface area (Å²) in [4.78, 5) is 5.86. The van der Waals surface area contributed by atoms with Crippen LogP contribution in [-0.4, -0.2) is 30.8 Å². The number of nitrogens with one attached hydrogen (secondary N) is 2. The van der Waals surface area contributed by atoms with Gasteiger partial charge in [0.15, 0.2) is 5.96 Å². The molecule has 1 unspecified atom stereocenters. The number of hydrogen-bond donors (Lipinski definition) is 3. The largest absolute Gasteiger partial charge is 0.396 e. The molecule has 0 aliphatic rings. The molecule has 0 saturated carbocycles. The van der Waals surface area contributed by atoms with Crippen LogP contribution in [0.3, 0.4) is 0 Å². The van der Waals surface area contributed by atoms with Crippen LogP contribution in [0.4, 0.5) is 0 Å². The maximum Gasteiger partial charge on any atom is 0.191 e. The maximum atomic E-state index is 9.20. The van der Waals surface area contributed by atoms with Crippen molar-refractivity contribution >= 4 is 57.2 Å². The van der Waals surface area contributed by atoms with E-state index in [1.165, 1.54) is 4.88 Å². The standard InChI is InChI=1S/C16H28BrN3OS.HI/c1-4-18-16(20-11-14-5-6-15(17)22-14)19-10-13(7-8-21)9-12(2)3;/h5-6,12-13,21H,4,7-11H2,1-3H3,(H2,18,19,20);1H. The van der Waals surface area contributed by atoms with Gasteiger partial charge in [-0.15, -0.1) is 35.3 Å². The molecule has 4 nitrogen and oxygen atoms in total. The van der Waals surface area contributed by atoms with Crippen molar-refractivity contribution in [3.8, 4) is 0 Å². The molecule has 134 valence electrons. The summed E-state index contributed by atoms with van der Waals surface area (Å²) in [5, 5.41) is 15.9. The van der Waals surface area contributed by atoms with Gasteiger partial charge in [-0.25, -0.2) is 4.99 Å². The molecule has 0 aliphatic heterocycles. The number of halogens is 2. The lowest BCUT2D eigenvalue weighted by molar-refractivity contribution is 0.243. The van der Waals surface area contributed by atoms with Gasteiger partial charge < -0.3 is 15.7 Å². The number of aliphatic hydroxyl groups is 1. The Labute approximate surface area is 169 Å². The van der Waals surface area contributed by atoms with E-state index in [1.54, 1.807) is 11.3 Å². The smallest absolute Gasteiger partial charge is 0.191 e. The molecule has 0 fully saturated rings. The maximum absolute atomic E-state index is 9.20. The summed E-state index contributed by atoms with van der Waals surface area (Å²) in [6, 6.07) is 4.14. The Balaban J connectivity index is 0.00000484. The van der Waals surface area contributed by atoms with Gasteiger partial charge in [0.2, 0.25) is 0 Å². The lowest BCUT2D eigenvalue weighted by Gasteiger charge is -2.20. The van der Waals surface area contributed by atoms with E-state index in [1.807, 2.05) is 0 Å². The van der Waals surface area contributed by atoms with E-state index in [0.29, 0.717) is 18.4 Å². The number of aliphatic hydroxyl groups excluding tert-OH is 1. The van der Waals surface area contributed by atoms with Crippen molar-refractivity contribution in [1.29, 1.82) is 0 Å². The molecule has 0 amide bonds. The molecular weight excluding hydrogens is 489 g/mol. The van der Waals surface area contributed by atoms with Crippen molar-refractivity contribution in [2.45, 2.75) is 40.2 Å². The summed E-state index contributed by atoms with van der Waals surface area (Å²) in [6.07, 6.45) is 1.95. The van der Waals surface area contributed by atoms with Gasteiger partial charge in [0.25, 0.3) is 0 Å². The first-order chi connectivity index (χ1) is 10.5. The van der Waals surface area contributed by atoms with Crippen LogP contribution in [-0.2, 0) is 6.54 Å². The van der Waals surface area contributed by atoms with Gasteiger partial charge in [-0.3, -0.25) is 0 Å². The third kappa shape index (κ3) is 10.6. The van der Waals surface area contributed by atoms with Gasteiger partial charge in [0.05, 0.1) is 10.3 Å². The Kier molecular flexibility index (Phi) is 13.5. The molecule has 1 aromatic heterocycles. The molecule has 0 radical (unpaired) electrons. The van der Waals surface area contributed by atoms with Crippen LogP contribution in [0.5, 0.6) is 0 Å². The number of rotatable bonds is 9. The van der Waals surface area contributed by atoms with E-state index in [0.717, 1.165) is 35.7 Å². The highest BCUT2D eigenvalue weighted by Crippen LogP contribution is 2.22. The SMILES string of the molecule is CCNC(=NCc1ccc(Br)s1)NCC(CCO)CC(C)C.I. The van der Waals surface area contributed by atoms with Crippen LogP contribution in [0.15, 0.2) is 20.9 Å². The lowest BCUT2D eigenvalue weighted by Crippen LogP contribution is -2.40. The Morgan fingerprint density at radius 2 is 2.09 bits per heavy atom. The second-order valence-corrected chi connectivity index (χ2v) is 8.34. The highest BCUT2D eigenvalue weighted by Gasteiger charge is 2.11. The molecule has 0 saturated heterocycles. The topological polar surface area (TPSA) is 56.7 Å². The van der Waals surface area contributed by atoms with Crippen LogP contribution < -0.4 is 10.6 Å². The Morgan fingerprint density at radius 3 is 2.61 bits per heavy atom. The first-order valence-electron chi connectivity index (χ1n) is 7.92. The molecule has 1 atom stereocenters. The summed E-state index contributed by atoms with van der Waals surface area (Å²) in [6.45, 7) is 9.12. The summed E-state index contributed by atoms with van der Waals surface area (Å²) >= 11 is 5.18. The van der Waals surface area contributed by atoms with Gasteiger partial charge in [-0.1, -0.05) is 13.8 Å². The second kappa shape index (κ2) is 13.4. The normalized spacial score (nSPS) is 12.9. The fourth-order valence-electron chi connectivity index (χ4n) is 2.33. The molecular formula is C16H29BrIN3OS. The molecule has 7 heteroatoms. The molecule has 1 heterocycles. The van der Waals surface area contributed by atoms with Crippen molar-refractivity contribution in [2.24, 2.45) is 16.8 Å². The monoisotopic (exact) mass is 517 g/mol. The molecule has 0 aliphatic carbocycles. The summed E-state index contributed by atoms with van der Waals surface area (Å²) in [5.41, 5.74) is 0. The van der Waals surface area contributed by atoms with Gasteiger partial charge in [0.1, 0.15) is 0 Å². The van der Waals surface area contributed by atoms with E-state index >= 15 is 0 Å². The second-order valence-electron chi connectivity index (χ2n) is 5.79. The zero-order valence-electron chi connectivity index (χ0n) is 14.1. The van der Waals surface area contributed by atoms with E-state index < -0.39 is 0 Å². The number of guanidine groups is 1. The quantitative estimate of drug-likeness (QED) is 0.261. The van der Waals surface area contributed by atoms with Crippen molar-refractivity contribution < 1.29 is 5.11 Å². The molecule has 1 rings (SSSR count). The van der Waals surface area contributed by atoms with Gasteiger partial charge in [-0.05, 0) is 59.7 Å². The predicted octanol–water partition coefficient (Wildman–Crippen LogP) is 4.23. The number of nitrogens with zero attached hydrogens (tertiary/aromatic N) is 1. The number of aliphatic imine (C=N–C) groups is 1. The lowest BCUT2D eigenvalue weighted by atomic mass is 9.94. The molecule has 0 aromatic carbocycles. The average Bonchev–Trinajstić information content (AvgIpc) is 2.87. The van der Waals surface area contributed by atoms with Crippen molar-refractivity contribution in [3.63, 3.8) is 0 Å². The molecule has 0 bridgehead atoms. The number of thiophene rings is 1. The van der Waals surface area contributed by atoms with Crippen LogP contribution in [0.25, 0.3) is 0 Å². The van der Waals surface area contributed by atoms with E-state index in [9.17, 15) is 5.11 Å². The van der Waals surface area contributed by atoms with Crippen LogP contribution in [0.1, 0.15) is 38.5 Å². The van der Waals surface area contributed by atoms with Gasteiger partial charge >= 0.3 is 0 Å². The van der Waals surface area contributed by atoms with Crippen molar-refractivity contribution in [1.82, 2.24) is 10.6 Å². The zero-order chi connectivity index (χ0) is 16.4. The Hall–Kier alpha value is 0.140. The first kappa shape index (κ1) is 23.1. The van der Waals surface area contributed by atoms with E-state index in [-0.39, 0.29) is 30.6 Å². The Bertz CT molecular complexity index is 454. The Morgan fingerprint density at radius 1 is 1.35 bits per heavy atom. The van der Waals surface area contributed by atoms with Crippen LogP contribution >= 0.6 is 51.2 Å². The minimum Gasteiger partial charge on any atom is -0.396 e. The summed E-state index contributed by atoms with van der Waals surface area (Å²) in [7, 11) is 0. The first-order valence-corrected chi connectivity index (χ1v) is 9.53. The minimum atomic E-state index is 0. The molecule has 3 N–H and O–H groups in total. The molecule has 23 heavy (non-hydrogen) atoms. The number of hydrogen-bond acceptors (Lipinski definition) is 3. The summed E-state index contributed by atoms with van der Waals surface area (Å²) < 4.78 is 1.13. The summed E-state index contributed by atoms with van der Waals surface area (Å²) in [5.74, 6) is 1.96. The zero-order valence-corrected chi connectivity index (χ0v) is 18.9. The molecule has 1 aromatic rings. The third-order valence-corrected chi connectivity index (χ3v) is 4.87. The minimum absolute atomic E-state index is 0. The molecule has 0 spiro atoms. The highest BCUT2D eigenvalue weighted by atomic mass is 127. The highest BCUT2D eigenvalue weighted by molar-refractivity contribution is 14.0. The van der Waals surface area contributed by atoms with E-state index in [4.69, 9.17) is 0 Å². The van der Waals surface area contributed by atoms with Crippen molar-refractivity contribution in [3.05, 3.63) is 20.8 Å². The van der Waals surface area contributed by atoms with Crippen molar-refractivity contribution in [2.75, 3.05) is 19.7 Å². The predicted molar refractivity (Wildman–Crippen MR) is 115 cm³/mol. The van der Waals surface area contributed by atoms with Crippen LogP contribution in [0, 0.1) is 11.8 Å². The van der Waals surface area contributed by atoms with Gasteiger partial charge in [-0.2, -0.15) is 0 Å². The van der Waals surface area contributed by atoms with Gasteiger partial charge in [0, 0.05) is 24.6 Å². The van der Waals surface area contributed by atoms with Crippen LogP contribution in [0.2, 0.25) is 0 Å². The third-order valence-electron chi connectivity index (χ3n) is 3.27. The van der Waals surface area contributed by atoms with E-state index in [2.05, 4.69) is 64.5 Å².